The third-order valence-corrected chi connectivity index (χ3v) is 7.83. The summed E-state index contributed by atoms with van der Waals surface area (Å²) in [6.07, 6.45) is -4.57. The van der Waals surface area contributed by atoms with Crippen LogP contribution in [-0.2, 0) is 16.2 Å². The number of rotatable bonds is 7. The molecule has 0 atom stereocenters. The zero-order valence-corrected chi connectivity index (χ0v) is 20.1. The van der Waals surface area contributed by atoms with E-state index >= 15 is 0 Å². The number of hydrogen-bond donors (Lipinski definition) is 1. The zero-order valence-electron chi connectivity index (χ0n) is 18.4. The maximum absolute atomic E-state index is 13.3. The number of fused-ring (bicyclic) bond motifs is 2. The average Bonchev–Trinajstić information content (AvgIpc) is 2.80. The molecule has 0 bridgehead atoms. The number of nitrogens with one attached hydrogen (secondary N) is 1. The highest BCUT2D eigenvalue weighted by atomic mass is 32.2. The number of sulfonamides is 1. The van der Waals surface area contributed by atoms with Crippen LogP contribution in [0.4, 0.5) is 18.9 Å². The van der Waals surface area contributed by atoms with Gasteiger partial charge in [0, 0.05) is 53.1 Å². The fourth-order valence-electron chi connectivity index (χ4n) is 3.71. The normalized spacial score (nSPS) is 12.4. The second-order valence-corrected chi connectivity index (χ2v) is 10.7. The summed E-state index contributed by atoms with van der Waals surface area (Å²) in [4.78, 5) is 6.18. The van der Waals surface area contributed by atoms with Crippen molar-refractivity contribution in [1.82, 2.24) is 9.71 Å². The van der Waals surface area contributed by atoms with Gasteiger partial charge in [0.1, 0.15) is 5.69 Å². The van der Waals surface area contributed by atoms with Gasteiger partial charge in [0.25, 0.3) is 0 Å². The van der Waals surface area contributed by atoms with E-state index < -0.39 is 21.9 Å². The van der Waals surface area contributed by atoms with Crippen molar-refractivity contribution in [3.63, 3.8) is 0 Å². The number of benzene rings is 3. The summed E-state index contributed by atoms with van der Waals surface area (Å²) in [6.45, 7) is 0.0504. The molecule has 1 N–H and O–H groups in total. The van der Waals surface area contributed by atoms with Crippen LogP contribution in [0.1, 0.15) is 5.69 Å². The number of nitrogens with zero attached hydrogens (tertiary/aromatic N) is 2. The molecule has 0 saturated heterocycles. The molecule has 10 heteroatoms. The van der Waals surface area contributed by atoms with E-state index in [1.54, 1.807) is 42.5 Å². The van der Waals surface area contributed by atoms with Gasteiger partial charge in [-0.1, -0.05) is 42.5 Å². The molecule has 0 fully saturated rings. The minimum Gasteiger partial charge on any atom is -0.377 e. The van der Waals surface area contributed by atoms with Crippen LogP contribution in [-0.4, -0.2) is 39.8 Å². The van der Waals surface area contributed by atoms with Crippen LogP contribution in [0.3, 0.4) is 0 Å². The first kappa shape index (κ1) is 24.3. The van der Waals surface area contributed by atoms with Crippen molar-refractivity contribution in [2.75, 3.05) is 31.3 Å². The highest BCUT2D eigenvalue weighted by Gasteiger charge is 2.33. The van der Waals surface area contributed by atoms with Crippen LogP contribution >= 0.6 is 11.8 Å². The molecule has 0 saturated carbocycles. The van der Waals surface area contributed by atoms with Crippen molar-refractivity contribution >= 4 is 49.1 Å². The van der Waals surface area contributed by atoms with E-state index in [1.807, 2.05) is 31.1 Å². The number of pyridine rings is 1. The molecule has 0 aliphatic rings. The molecule has 34 heavy (non-hydrogen) atoms. The second kappa shape index (κ2) is 9.44. The fraction of sp³-hybridized carbons (Fsp3) is 0.208. The molecule has 0 amide bonds. The Hall–Kier alpha value is -2.82. The molecule has 5 nitrogen and oxygen atoms in total. The molecule has 0 spiro atoms. The largest absolute Gasteiger partial charge is 0.433 e. The summed E-state index contributed by atoms with van der Waals surface area (Å²) in [7, 11) is -0.0572. The highest BCUT2D eigenvalue weighted by molar-refractivity contribution is 7.99. The van der Waals surface area contributed by atoms with Crippen LogP contribution in [0, 0.1) is 0 Å². The number of hydrogen-bond acceptors (Lipinski definition) is 5. The van der Waals surface area contributed by atoms with E-state index in [0.29, 0.717) is 15.7 Å². The Bertz CT molecular complexity index is 1460. The quantitative estimate of drug-likeness (QED) is 0.264. The van der Waals surface area contributed by atoms with Gasteiger partial charge in [0.05, 0.1) is 10.4 Å². The van der Waals surface area contributed by atoms with Crippen molar-refractivity contribution in [3.8, 4) is 0 Å². The van der Waals surface area contributed by atoms with Crippen LogP contribution in [0.5, 0.6) is 0 Å². The van der Waals surface area contributed by atoms with Gasteiger partial charge in [-0.25, -0.2) is 18.1 Å². The van der Waals surface area contributed by atoms with Crippen molar-refractivity contribution in [2.24, 2.45) is 0 Å². The van der Waals surface area contributed by atoms with E-state index in [0.717, 1.165) is 28.9 Å². The lowest BCUT2D eigenvalue weighted by Gasteiger charge is -2.17. The first-order valence-electron chi connectivity index (χ1n) is 10.4. The van der Waals surface area contributed by atoms with Gasteiger partial charge in [-0.15, -0.1) is 11.8 Å². The smallest absolute Gasteiger partial charge is 0.377 e. The van der Waals surface area contributed by atoms with E-state index in [2.05, 4.69) is 9.71 Å². The Kier molecular flexibility index (Phi) is 6.75. The highest BCUT2D eigenvalue weighted by Crippen LogP contribution is 2.35. The number of halogens is 3. The lowest BCUT2D eigenvalue weighted by Crippen LogP contribution is -2.26. The van der Waals surface area contributed by atoms with Gasteiger partial charge < -0.3 is 4.90 Å². The summed E-state index contributed by atoms with van der Waals surface area (Å²) in [5.74, 6) is 0.248. The topological polar surface area (TPSA) is 62.3 Å². The molecule has 1 heterocycles. The summed E-state index contributed by atoms with van der Waals surface area (Å²) >= 11 is 1.15. The lowest BCUT2D eigenvalue weighted by atomic mass is 10.1. The molecule has 0 aliphatic heterocycles. The molecule has 4 aromatic rings. The third-order valence-electron chi connectivity index (χ3n) is 5.25. The molecule has 4 rings (SSSR count). The van der Waals surface area contributed by atoms with Gasteiger partial charge in [-0.05, 0) is 24.3 Å². The Morgan fingerprint density at radius 2 is 1.62 bits per heavy atom. The number of aromatic nitrogens is 1. The molecule has 1 aromatic heterocycles. The molecule has 0 unspecified atom stereocenters. The van der Waals surface area contributed by atoms with E-state index in [4.69, 9.17) is 0 Å². The van der Waals surface area contributed by atoms with Crippen LogP contribution in [0.15, 0.2) is 76.5 Å². The van der Waals surface area contributed by atoms with Gasteiger partial charge >= 0.3 is 6.18 Å². The number of thioether (sulfide) groups is 1. The third kappa shape index (κ3) is 4.98. The van der Waals surface area contributed by atoms with Gasteiger partial charge in [-0.2, -0.15) is 13.2 Å². The standard InChI is InChI=1S/C24H22F3N3O2S2/c1-30(2)20-11-5-9-17-16(20)8-6-12-22(17)34(31,32)28-13-14-33-21-15-23(24(25,26)27)29-19-10-4-3-7-18(19)21/h3-12,15,28H,13-14H2,1-2H3. The predicted molar refractivity (Wildman–Crippen MR) is 131 cm³/mol. The first-order chi connectivity index (χ1) is 16.1. The first-order valence-corrected chi connectivity index (χ1v) is 12.8. The lowest BCUT2D eigenvalue weighted by molar-refractivity contribution is -0.141. The predicted octanol–water partition coefficient (Wildman–Crippen LogP) is 5.54. The molecule has 0 aliphatic carbocycles. The molecular weight excluding hydrogens is 483 g/mol. The van der Waals surface area contributed by atoms with E-state index in [-0.39, 0.29) is 22.7 Å². The SMILES string of the molecule is CN(C)c1cccc2c(S(=O)(=O)NCCSc3cc(C(F)(F)F)nc4ccccc34)cccc12. The maximum atomic E-state index is 13.3. The fourth-order valence-corrected chi connectivity index (χ4v) is 6.04. The Morgan fingerprint density at radius 1 is 0.941 bits per heavy atom. The zero-order chi connectivity index (χ0) is 24.5. The van der Waals surface area contributed by atoms with Crippen LogP contribution in [0.25, 0.3) is 21.7 Å². The molecule has 3 aromatic carbocycles. The Labute approximate surface area is 200 Å². The monoisotopic (exact) mass is 505 g/mol. The molecule has 0 radical (unpaired) electrons. The summed E-state index contributed by atoms with van der Waals surface area (Å²) in [5.41, 5.74) is 0.171. The van der Waals surface area contributed by atoms with Gasteiger partial charge in [0.15, 0.2) is 0 Å². The van der Waals surface area contributed by atoms with Gasteiger partial charge in [0.2, 0.25) is 10.0 Å². The van der Waals surface area contributed by atoms with Gasteiger partial charge in [-0.3, -0.25) is 0 Å². The number of para-hydroxylation sites is 1. The van der Waals surface area contributed by atoms with E-state index in [1.165, 1.54) is 6.07 Å². The van der Waals surface area contributed by atoms with Crippen LogP contribution < -0.4 is 9.62 Å². The number of anilines is 1. The minimum absolute atomic E-state index is 0.0504. The second-order valence-electron chi connectivity index (χ2n) is 7.79. The van der Waals surface area contributed by atoms with E-state index in [9.17, 15) is 21.6 Å². The summed E-state index contributed by atoms with van der Waals surface area (Å²) in [5, 5.41) is 2.00. The Balaban J connectivity index is 1.54. The Morgan fingerprint density at radius 3 is 2.35 bits per heavy atom. The van der Waals surface area contributed by atoms with Crippen LogP contribution in [0.2, 0.25) is 0 Å². The molecule has 178 valence electrons. The minimum atomic E-state index is -4.57. The summed E-state index contributed by atoms with van der Waals surface area (Å²) in [6, 6.07) is 18.2. The number of alkyl halides is 3. The van der Waals surface area contributed by atoms with Crippen molar-refractivity contribution in [2.45, 2.75) is 16.0 Å². The van der Waals surface area contributed by atoms with Crippen molar-refractivity contribution < 1.29 is 21.6 Å². The summed E-state index contributed by atoms with van der Waals surface area (Å²) < 4.78 is 68.5. The average molecular weight is 506 g/mol. The maximum Gasteiger partial charge on any atom is 0.433 e. The molecular formula is C24H22F3N3O2S2. The van der Waals surface area contributed by atoms with Crippen molar-refractivity contribution in [3.05, 3.63) is 72.4 Å². The van der Waals surface area contributed by atoms with Crippen molar-refractivity contribution in [1.29, 1.82) is 0 Å².